The number of aryl methyl sites for hydroxylation is 1. The Balaban J connectivity index is 2.41. The molecule has 2 aromatic rings. The van der Waals surface area contributed by atoms with Gasteiger partial charge >= 0.3 is 0 Å². The molecule has 0 fully saturated rings. The molecule has 9 heteroatoms. The van der Waals surface area contributed by atoms with E-state index in [1.807, 2.05) is 13.8 Å². The van der Waals surface area contributed by atoms with Crippen molar-refractivity contribution in [1.82, 2.24) is 24.5 Å². The SMILES string of the molecule is CC(C)c1nc(S(=O)(=O)Cl)cn1Cc1cn(C)nn1. The number of hydrogen-bond donors (Lipinski definition) is 0. The van der Waals surface area contributed by atoms with Crippen LogP contribution in [0.3, 0.4) is 0 Å². The van der Waals surface area contributed by atoms with Crippen LogP contribution in [0.2, 0.25) is 0 Å². The topological polar surface area (TPSA) is 82.7 Å². The lowest BCUT2D eigenvalue weighted by atomic mass is 10.2. The molecular formula is C10H14ClN5O2S. The number of halogens is 1. The van der Waals surface area contributed by atoms with Gasteiger partial charge in [-0.25, -0.2) is 13.4 Å². The maximum Gasteiger partial charge on any atom is 0.280 e. The molecule has 0 atom stereocenters. The standard InChI is InChI=1S/C10H14ClN5O2S/c1-7(2)10-12-9(19(11,17)18)6-16(10)5-8-4-15(3)14-13-8/h4,6-7H,5H2,1-3H3. The molecule has 19 heavy (non-hydrogen) atoms. The highest BCUT2D eigenvalue weighted by atomic mass is 35.7. The summed E-state index contributed by atoms with van der Waals surface area (Å²) >= 11 is 0. The minimum Gasteiger partial charge on any atom is -0.327 e. The molecule has 0 aromatic carbocycles. The van der Waals surface area contributed by atoms with Crippen molar-refractivity contribution >= 4 is 19.7 Å². The number of rotatable bonds is 4. The van der Waals surface area contributed by atoms with Crippen LogP contribution < -0.4 is 0 Å². The molecule has 7 nitrogen and oxygen atoms in total. The van der Waals surface area contributed by atoms with Gasteiger partial charge in [-0.05, 0) is 0 Å². The van der Waals surface area contributed by atoms with Crippen molar-refractivity contribution in [3.8, 4) is 0 Å². The molecule has 0 aliphatic rings. The molecular weight excluding hydrogens is 290 g/mol. The first-order chi connectivity index (χ1) is 8.77. The van der Waals surface area contributed by atoms with E-state index in [0.29, 0.717) is 12.4 Å². The highest BCUT2D eigenvalue weighted by Gasteiger charge is 2.20. The fraction of sp³-hybridized carbons (Fsp3) is 0.500. The first kappa shape index (κ1) is 14.0. The minimum atomic E-state index is -3.83. The summed E-state index contributed by atoms with van der Waals surface area (Å²) in [6, 6.07) is 0. The lowest BCUT2D eigenvalue weighted by Gasteiger charge is -2.07. The monoisotopic (exact) mass is 303 g/mol. The van der Waals surface area contributed by atoms with Crippen molar-refractivity contribution in [1.29, 1.82) is 0 Å². The Hall–Kier alpha value is -1.41. The van der Waals surface area contributed by atoms with Crippen LogP contribution in [0.1, 0.15) is 31.3 Å². The van der Waals surface area contributed by atoms with Crippen LogP contribution in [-0.4, -0.2) is 33.0 Å². The molecule has 0 saturated heterocycles. The van der Waals surface area contributed by atoms with E-state index in [2.05, 4.69) is 15.3 Å². The maximum atomic E-state index is 11.3. The Morgan fingerprint density at radius 3 is 2.53 bits per heavy atom. The number of aromatic nitrogens is 5. The lowest BCUT2D eigenvalue weighted by Crippen LogP contribution is -2.06. The first-order valence-electron chi connectivity index (χ1n) is 5.64. The molecule has 0 aliphatic heterocycles. The third-order valence-corrected chi connectivity index (χ3v) is 3.70. The summed E-state index contributed by atoms with van der Waals surface area (Å²) in [4.78, 5) is 4.07. The molecule has 0 unspecified atom stereocenters. The van der Waals surface area contributed by atoms with E-state index < -0.39 is 9.05 Å². The van der Waals surface area contributed by atoms with E-state index in [-0.39, 0.29) is 10.9 Å². The van der Waals surface area contributed by atoms with Gasteiger partial charge in [0.15, 0.2) is 5.03 Å². The van der Waals surface area contributed by atoms with E-state index in [1.54, 1.807) is 22.5 Å². The highest BCUT2D eigenvalue weighted by molar-refractivity contribution is 8.13. The fourth-order valence-corrected chi connectivity index (χ4v) is 2.43. The van der Waals surface area contributed by atoms with Crippen LogP contribution in [0, 0.1) is 0 Å². The summed E-state index contributed by atoms with van der Waals surface area (Å²) in [6.45, 7) is 4.26. The van der Waals surface area contributed by atoms with Gasteiger partial charge < -0.3 is 4.57 Å². The average Bonchev–Trinajstić information content (AvgIpc) is 2.85. The molecule has 0 bridgehead atoms. The van der Waals surface area contributed by atoms with Crippen molar-refractivity contribution in [2.75, 3.05) is 0 Å². The van der Waals surface area contributed by atoms with Gasteiger partial charge in [0.2, 0.25) is 0 Å². The molecule has 0 amide bonds. The Bertz CT molecular complexity index is 689. The second kappa shape index (κ2) is 4.93. The summed E-state index contributed by atoms with van der Waals surface area (Å²) in [7, 11) is 3.26. The van der Waals surface area contributed by atoms with Crippen LogP contribution in [0.15, 0.2) is 17.4 Å². The molecule has 104 valence electrons. The molecule has 0 spiro atoms. The van der Waals surface area contributed by atoms with Crippen LogP contribution in [0.25, 0.3) is 0 Å². The Morgan fingerprint density at radius 1 is 1.37 bits per heavy atom. The third kappa shape index (κ3) is 3.13. The Labute approximate surface area is 115 Å². The summed E-state index contributed by atoms with van der Waals surface area (Å²) in [5.41, 5.74) is 0.723. The van der Waals surface area contributed by atoms with Gasteiger partial charge in [-0.15, -0.1) is 5.10 Å². The normalized spacial score (nSPS) is 12.3. The Kier molecular flexibility index (Phi) is 3.64. The number of hydrogen-bond acceptors (Lipinski definition) is 5. The summed E-state index contributed by atoms with van der Waals surface area (Å²) in [5.74, 6) is 0.716. The summed E-state index contributed by atoms with van der Waals surface area (Å²) in [5, 5.41) is 7.66. The predicted molar refractivity (Wildman–Crippen MR) is 69.5 cm³/mol. The smallest absolute Gasteiger partial charge is 0.280 e. The first-order valence-corrected chi connectivity index (χ1v) is 7.95. The van der Waals surface area contributed by atoms with Gasteiger partial charge in [-0.2, -0.15) is 0 Å². The fourth-order valence-electron chi connectivity index (χ4n) is 1.75. The van der Waals surface area contributed by atoms with Gasteiger partial charge in [0.1, 0.15) is 11.5 Å². The molecule has 2 aromatic heterocycles. The zero-order chi connectivity index (χ0) is 14.2. The van der Waals surface area contributed by atoms with Gasteiger partial charge in [-0.3, -0.25) is 4.68 Å². The third-order valence-electron chi connectivity index (χ3n) is 2.53. The number of nitrogens with zero attached hydrogens (tertiary/aromatic N) is 5. The zero-order valence-corrected chi connectivity index (χ0v) is 12.4. The average molecular weight is 304 g/mol. The van der Waals surface area contributed by atoms with Crippen LogP contribution in [0.5, 0.6) is 0 Å². The number of imidazole rings is 1. The molecule has 2 rings (SSSR count). The summed E-state index contributed by atoms with van der Waals surface area (Å²) < 4.78 is 26.0. The highest BCUT2D eigenvalue weighted by Crippen LogP contribution is 2.20. The zero-order valence-electron chi connectivity index (χ0n) is 10.8. The van der Waals surface area contributed by atoms with Crippen LogP contribution >= 0.6 is 10.7 Å². The summed E-state index contributed by atoms with van der Waals surface area (Å²) in [6.07, 6.45) is 3.19. The molecule has 0 aliphatic carbocycles. The Morgan fingerprint density at radius 2 is 2.05 bits per heavy atom. The van der Waals surface area contributed by atoms with Gasteiger partial charge in [0.05, 0.1) is 6.54 Å². The quantitative estimate of drug-likeness (QED) is 0.790. The largest absolute Gasteiger partial charge is 0.327 e. The minimum absolute atomic E-state index is 0.0730. The molecule has 0 saturated carbocycles. The molecule has 0 radical (unpaired) electrons. The predicted octanol–water partition coefficient (Wildman–Crippen LogP) is 1.11. The van der Waals surface area contributed by atoms with Crippen LogP contribution in [-0.2, 0) is 22.6 Å². The van der Waals surface area contributed by atoms with Crippen molar-refractivity contribution in [2.24, 2.45) is 7.05 Å². The van der Waals surface area contributed by atoms with Crippen molar-refractivity contribution in [2.45, 2.75) is 31.3 Å². The van der Waals surface area contributed by atoms with E-state index in [9.17, 15) is 8.42 Å². The van der Waals surface area contributed by atoms with Gasteiger partial charge in [0.25, 0.3) is 9.05 Å². The lowest BCUT2D eigenvalue weighted by molar-refractivity contribution is 0.606. The second-order valence-corrected chi connectivity index (χ2v) is 7.05. The second-order valence-electron chi connectivity index (χ2n) is 4.54. The van der Waals surface area contributed by atoms with Gasteiger partial charge in [0, 0.05) is 36.0 Å². The van der Waals surface area contributed by atoms with Crippen LogP contribution in [0.4, 0.5) is 0 Å². The van der Waals surface area contributed by atoms with E-state index in [1.165, 1.54) is 6.20 Å². The van der Waals surface area contributed by atoms with Crippen molar-refractivity contribution in [3.63, 3.8) is 0 Å². The van der Waals surface area contributed by atoms with E-state index in [0.717, 1.165) is 5.69 Å². The van der Waals surface area contributed by atoms with Crippen molar-refractivity contribution < 1.29 is 8.42 Å². The van der Waals surface area contributed by atoms with Gasteiger partial charge in [-0.1, -0.05) is 19.1 Å². The van der Waals surface area contributed by atoms with E-state index >= 15 is 0 Å². The molecule has 0 N–H and O–H groups in total. The van der Waals surface area contributed by atoms with E-state index in [4.69, 9.17) is 10.7 Å². The molecule has 2 heterocycles. The van der Waals surface area contributed by atoms with Crippen molar-refractivity contribution in [3.05, 3.63) is 23.9 Å². The maximum absolute atomic E-state index is 11.3.